The van der Waals surface area contributed by atoms with Crippen LogP contribution in [0.5, 0.6) is 0 Å². The second-order valence-electron chi connectivity index (χ2n) is 6.82. The first-order valence-corrected chi connectivity index (χ1v) is 10.3. The molecule has 7 nitrogen and oxygen atoms in total. The average molecular weight is 395 g/mol. The Morgan fingerprint density at radius 3 is 2.93 bits per heavy atom. The molecule has 8 heteroatoms. The summed E-state index contributed by atoms with van der Waals surface area (Å²) >= 11 is 1.76. The summed E-state index contributed by atoms with van der Waals surface area (Å²) in [5.74, 6) is 1.50. The van der Waals surface area contributed by atoms with Crippen LogP contribution in [0.1, 0.15) is 48.0 Å². The van der Waals surface area contributed by atoms with Crippen LogP contribution < -0.4 is 5.43 Å². The van der Waals surface area contributed by atoms with Crippen LogP contribution in [0.3, 0.4) is 0 Å². The smallest absolute Gasteiger partial charge is 0.261 e. The molecule has 3 aromatic rings. The fourth-order valence-electron chi connectivity index (χ4n) is 3.54. The molecule has 2 heterocycles. The first kappa shape index (κ1) is 18.5. The first-order valence-electron chi connectivity index (χ1n) is 9.51. The molecule has 2 aromatic heterocycles. The number of thiophene rings is 1. The topological polar surface area (TPSA) is 93.3 Å². The van der Waals surface area contributed by atoms with Crippen LogP contribution in [0.2, 0.25) is 0 Å². The van der Waals surface area contributed by atoms with Crippen LogP contribution in [-0.4, -0.2) is 21.1 Å². The fourth-order valence-corrected chi connectivity index (χ4v) is 4.82. The zero-order chi connectivity index (χ0) is 19.5. The lowest BCUT2D eigenvalue weighted by Crippen LogP contribution is -2.04. The zero-order valence-corrected chi connectivity index (χ0v) is 16.5. The molecule has 144 valence electrons. The normalized spacial score (nSPS) is 13.8. The second kappa shape index (κ2) is 8.02. The van der Waals surface area contributed by atoms with E-state index in [-0.39, 0.29) is 5.69 Å². The maximum Gasteiger partial charge on any atom is 0.278 e. The van der Waals surface area contributed by atoms with Gasteiger partial charge in [-0.15, -0.1) is 11.3 Å². The standard InChI is InChI=1S/C20H21N5O2S/c1-2-7-17-22-19(18-14-9-4-6-11-16(14)28-20(18)23-17)24-21-12-13-8-3-5-10-15(13)25(26)27/h3,5,8,10,12H,2,4,6-7,9,11H2,1H3,(H,22,23,24)/b21-12+. The third kappa shape index (κ3) is 3.60. The molecule has 4 rings (SSSR count). The van der Waals surface area contributed by atoms with Gasteiger partial charge in [-0.25, -0.2) is 9.97 Å². The third-order valence-corrected chi connectivity index (χ3v) is 6.03. The summed E-state index contributed by atoms with van der Waals surface area (Å²) in [5.41, 5.74) is 4.85. The van der Waals surface area contributed by atoms with Gasteiger partial charge in [0.25, 0.3) is 5.69 Å². The summed E-state index contributed by atoms with van der Waals surface area (Å²) in [6.45, 7) is 2.10. The van der Waals surface area contributed by atoms with E-state index >= 15 is 0 Å². The van der Waals surface area contributed by atoms with Gasteiger partial charge >= 0.3 is 0 Å². The Kier molecular flexibility index (Phi) is 5.29. The van der Waals surface area contributed by atoms with Crippen molar-refractivity contribution in [2.24, 2.45) is 5.10 Å². The van der Waals surface area contributed by atoms with Crippen LogP contribution in [0.25, 0.3) is 10.2 Å². The largest absolute Gasteiger partial charge is 0.278 e. The maximum absolute atomic E-state index is 11.2. The number of fused-ring (bicyclic) bond motifs is 3. The minimum atomic E-state index is -0.404. The number of nitro groups is 1. The van der Waals surface area contributed by atoms with Gasteiger partial charge < -0.3 is 0 Å². The van der Waals surface area contributed by atoms with Crippen molar-refractivity contribution in [1.82, 2.24) is 9.97 Å². The lowest BCUT2D eigenvalue weighted by atomic mass is 9.97. The van der Waals surface area contributed by atoms with Crippen LogP contribution in [0.4, 0.5) is 11.5 Å². The predicted molar refractivity (Wildman–Crippen MR) is 112 cm³/mol. The number of nitrogens with one attached hydrogen (secondary N) is 1. The molecule has 1 aromatic carbocycles. The first-order chi connectivity index (χ1) is 13.7. The highest BCUT2D eigenvalue weighted by atomic mass is 32.1. The molecule has 0 bridgehead atoms. The van der Waals surface area contributed by atoms with Crippen molar-refractivity contribution in [3.05, 3.63) is 56.2 Å². The molecule has 1 N–H and O–H groups in total. The lowest BCUT2D eigenvalue weighted by molar-refractivity contribution is -0.385. The van der Waals surface area contributed by atoms with Gasteiger partial charge in [-0.1, -0.05) is 19.1 Å². The van der Waals surface area contributed by atoms with Crippen LogP contribution in [-0.2, 0) is 19.3 Å². The van der Waals surface area contributed by atoms with Crippen LogP contribution in [0.15, 0.2) is 29.4 Å². The van der Waals surface area contributed by atoms with E-state index in [0.717, 1.165) is 41.7 Å². The van der Waals surface area contributed by atoms with Gasteiger partial charge in [0.2, 0.25) is 0 Å². The number of aryl methyl sites for hydroxylation is 3. The van der Waals surface area contributed by atoms with Crippen molar-refractivity contribution in [1.29, 1.82) is 0 Å². The number of rotatable bonds is 6. The molecule has 0 saturated heterocycles. The third-order valence-electron chi connectivity index (χ3n) is 4.84. The van der Waals surface area contributed by atoms with Crippen molar-refractivity contribution in [2.75, 3.05) is 5.43 Å². The minimum absolute atomic E-state index is 0.0282. The number of benzene rings is 1. The Bertz CT molecular complexity index is 1060. The minimum Gasteiger partial charge on any atom is -0.261 e. The SMILES string of the molecule is CCCc1nc(N/N=C/c2ccccc2[N+](=O)[O-])c2c3c(sc2n1)CCCC3. The van der Waals surface area contributed by atoms with E-state index in [9.17, 15) is 10.1 Å². The molecule has 0 spiro atoms. The zero-order valence-electron chi connectivity index (χ0n) is 15.6. The van der Waals surface area contributed by atoms with Gasteiger partial charge in [0.1, 0.15) is 10.7 Å². The molecule has 1 aliphatic rings. The molecule has 1 aliphatic carbocycles. The number of para-hydroxylation sites is 1. The number of nitro benzene ring substituents is 1. The summed E-state index contributed by atoms with van der Waals surface area (Å²) in [6.07, 6.45) is 7.77. The van der Waals surface area contributed by atoms with Crippen molar-refractivity contribution < 1.29 is 4.92 Å². The van der Waals surface area contributed by atoms with Gasteiger partial charge in [-0.2, -0.15) is 5.10 Å². The summed E-state index contributed by atoms with van der Waals surface area (Å²) in [4.78, 5) is 22.6. The Balaban J connectivity index is 1.71. The van der Waals surface area contributed by atoms with Crippen molar-refractivity contribution in [3.63, 3.8) is 0 Å². The van der Waals surface area contributed by atoms with Gasteiger partial charge in [0.15, 0.2) is 5.82 Å². The highest BCUT2D eigenvalue weighted by molar-refractivity contribution is 7.19. The number of aromatic nitrogens is 2. The number of hydrogen-bond acceptors (Lipinski definition) is 7. The number of hydrogen-bond donors (Lipinski definition) is 1. The lowest BCUT2D eigenvalue weighted by Gasteiger charge is -2.12. The summed E-state index contributed by atoms with van der Waals surface area (Å²) in [7, 11) is 0. The van der Waals surface area contributed by atoms with Crippen molar-refractivity contribution >= 4 is 39.3 Å². The van der Waals surface area contributed by atoms with Crippen molar-refractivity contribution in [3.8, 4) is 0 Å². The van der Waals surface area contributed by atoms with Gasteiger partial charge in [-0.05, 0) is 43.7 Å². The molecular formula is C20H21N5O2S. The van der Waals surface area contributed by atoms with Crippen molar-refractivity contribution in [2.45, 2.75) is 45.4 Å². The predicted octanol–water partition coefficient (Wildman–Crippen LogP) is 4.88. The van der Waals surface area contributed by atoms with Crippen LogP contribution >= 0.6 is 11.3 Å². The van der Waals surface area contributed by atoms with Crippen LogP contribution in [0, 0.1) is 10.1 Å². The van der Waals surface area contributed by atoms with E-state index in [0.29, 0.717) is 11.4 Å². The monoisotopic (exact) mass is 395 g/mol. The average Bonchev–Trinajstić information content (AvgIpc) is 3.07. The summed E-state index contributed by atoms with van der Waals surface area (Å²) in [6, 6.07) is 6.55. The molecule has 0 unspecified atom stereocenters. The molecule has 0 saturated carbocycles. The van der Waals surface area contributed by atoms with E-state index in [4.69, 9.17) is 9.97 Å². The Labute approximate surface area is 166 Å². The fraction of sp³-hybridized carbons (Fsp3) is 0.350. The molecular weight excluding hydrogens is 374 g/mol. The number of hydrazone groups is 1. The number of anilines is 1. The summed E-state index contributed by atoms with van der Waals surface area (Å²) in [5, 5.41) is 16.5. The maximum atomic E-state index is 11.2. The highest BCUT2D eigenvalue weighted by Gasteiger charge is 2.21. The van der Waals surface area contributed by atoms with E-state index in [1.54, 1.807) is 29.5 Å². The Morgan fingerprint density at radius 1 is 1.29 bits per heavy atom. The van der Waals surface area contributed by atoms with Gasteiger partial charge in [0.05, 0.1) is 22.1 Å². The summed E-state index contributed by atoms with van der Waals surface area (Å²) < 4.78 is 0. The highest BCUT2D eigenvalue weighted by Crippen LogP contribution is 2.38. The second-order valence-corrected chi connectivity index (χ2v) is 7.90. The molecule has 0 atom stereocenters. The molecule has 0 amide bonds. The van der Waals surface area contributed by atoms with E-state index in [1.165, 1.54) is 35.6 Å². The van der Waals surface area contributed by atoms with E-state index < -0.39 is 4.92 Å². The van der Waals surface area contributed by atoms with Gasteiger partial charge in [-0.3, -0.25) is 15.5 Å². The quantitative estimate of drug-likeness (QED) is 0.365. The number of nitrogens with zero attached hydrogens (tertiary/aromatic N) is 4. The molecule has 28 heavy (non-hydrogen) atoms. The van der Waals surface area contributed by atoms with Gasteiger partial charge in [0, 0.05) is 17.4 Å². The molecule has 0 fully saturated rings. The van der Waals surface area contributed by atoms with E-state index in [2.05, 4.69) is 17.5 Å². The van der Waals surface area contributed by atoms with E-state index in [1.807, 2.05) is 0 Å². The Hall–Kier alpha value is -2.87. The molecule has 0 aliphatic heterocycles. The molecule has 0 radical (unpaired) electrons. The Morgan fingerprint density at radius 2 is 2.11 bits per heavy atom.